The zero-order valence-electron chi connectivity index (χ0n) is 14.7. The summed E-state index contributed by atoms with van der Waals surface area (Å²) >= 11 is 0. The van der Waals surface area contributed by atoms with Gasteiger partial charge in [0.15, 0.2) is 0 Å². The van der Waals surface area contributed by atoms with Gasteiger partial charge in [-0.3, -0.25) is 9.80 Å². The van der Waals surface area contributed by atoms with Crippen molar-refractivity contribution in [2.45, 2.75) is 32.9 Å². The largest absolute Gasteiger partial charge is 0.496 e. The lowest BCUT2D eigenvalue weighted by Gasteiger charge is -2.24. The van der Waals surface area contributed by atoms with E-state index >= 15 is 0 Å². The maximum absolute atomic E-state index is 12.7. The lowest BCUT2D eigenvalue weighted by Crippen LogP contribution is -2.38. The molecule has 5 nitrogen and oxygen atoms in total. The quantitative estimate of drug-likeness (QED) is 0.923. The number of nitrogens with one attached hydrogen (secondary N) is 1. The maximum Gasteiger partial charge on any atom is 0.268 e. The molecule has 1 aromatic rings. The number of nitrogens with zero attached hydrogens (tertiary/aromatic N) is 2. The summed E-state index contributed by atoms with van der Waals surface area (Å²) in [4.78, 5) is 12.7. The second-order valence-electron chi connectivity index (χ2n) is 7.84. The van der Waals surface area contributed by atoms with E-state index in [0.29, 0.717) is 29.6 Å². The van der Waals surface area contributed by atoms with Crippen LogP contribution in [0, 0.1) is 23.2 Å². The number of benzene rings is 1. The van der Waals surface area contributed by atoms with Crippen molar-refractivity contribution in [1.29, 1.82) is 0 Å². The highest BCUT2D eigenvalue weighted by molar-refractivity contribution is 6.40. The predicted molar refractivity (Wildman–Crippen MR) is 92.7 cm³/mol. The fourth-order valence-electron chi connectivity index (χ4n) is 4.98. The number of methoxy groups -OCH3 is 1. The van der Waals surface area contributed by atoms with E-state index in [1.54, 1.807) is 7.11 Å². The molecule has 24 heavy (non-hydrogen) atoms. The Morgan fingerprint density at radius 1 is 1.42 bits per heavy atom. The molecule has 0 aromatic heterocycles. The molecule has 1 heterocycles. The van der Waals surface area contributed by atoms with Gasteiger partial charge in [-0.1, -0.05) is 32.0 Å². The standard InChI is InChI=1S/C19H25N3O2/c1-19(2)13-9-12-16(21-22(3)17(12)15(13)19)18(23)20-10-11-7-5-6-8-14(11)24-4/h5-8,12-13,15,17H,9-10H2,1-4H3,(H,20,23)/t12?,13-,15-,17?/m1/s1. The number of rotatable bonds is 4. The Kier molecular flexibility index (Phi) is 3.37. The summed E-state index contributed by atoms with van der Waals surface area (Å²) in [7, 11) is 3.66. The molecule has 2 saturated carbocycles. The Morgan fingerprint density at radius 3 is 2.92 bits per heavy atom. The predicted octanol–water partition coefficient (Wildman–Crippen LogP) is 2.27. The van der Waals surface area contributed by atoms with Crippen molar-refractivity contribution >= 4 is 11.6 Å². The summed E-state index contributed by atoms with van der Waals surface area (Å²) in [5.41, 5.74) is 2.10. The van der Waals surface area contributed by atoms with E-state index in [-0.39, 0.29) is 11.8 Å². The number of carbonyl (C=O) groups excluding carboxylic acids is 1. The van der Waals surface area contributed by atoms with E-state index in [9.17, 15) is 4.79 Å². The van der Waals surface area contributed by atoms with Gasteiger partial charge in [0.05, 0.1) is 13.2 Å². The fraction of sp³-hybridized carbons (Fsp3) is 0.579. The topological polar surface area (TPSA) is 53.9 Å². The van der Waals surface area contributed by atoms with Gasteiger partial charge in [-0.2, -0.15) is 5.10 Å². The molecule has 2 aliphatic carbocycles. The molecule has 1 aliphatic heterocycles. The van der Waals surface area contributed by atoms with Crippen molar-refractivity contribution < 1.29 is 9.53 Å². The van der Waals surface area contributed by atoms with E-state index in [1.165, 1.54) is 0 Å². The molecule has 0 radical (unpaired) electrons. The molecule has 5 heteroatoms. The molecule has 1 aromatic carbocycles. The van der Waals surface area contributed by atoms with Crippen LogP contribution in [0.2, 0.25) is 0 Å². The number of ether oxygens (including phenoxy) is 1. The summed E-state index contributed by atoms with van der Waals surface area (Å²) in [5.74, 6) is 2.46. The number of amides is 1. The SMILES string of the molecule is COc1ccccc1CNC(=O)C1=NN(C)C2C1C[C@@H]1[C@H]2C1(C)C. The van der Waals surface area contributed by atoms with Crippen molar-refractivity contribution in [2.75, 3.05) is 14.2 Å². The number of hydrazone groups is 1. The van der Waals surface area contributed by atoms with E-state index < -0.39 is 0 Å². The highest BCUT2D eigenvalue weighted by Crippen LogP contribution is 2.70. The van der Waals surface area contributed by atoms with E-state index in [0.717, 1.165) is 23.7 Å². The number of fused-ring (bicyclic) bond motifs is 3. The fourth-order valence-corrected chi connectivity index (χ4v) is 4.98. The molecule has 2 fully saturated rings. The minimum absolute atomic E-state index is 0.0423. The van der Waals surface area contributed by atoms with Crippen LogP contribution in [0.1, 0.15) is 25.8 Å². The number of hydrogen-bond donors (Lipinski definition) is 1. The summed E-state index contributed by atoms with van der Waals surface area (Å²) in [6, 6.07) is 8.16. The first-order valence-electron chi connectivity index (χ1n) is 8.66. The second kappa shape index (κ2) is 5.23. The molecule has 4 atom stereocenters. The van der Waals surface area contributed by atoms with Gasteiger partial charge in [-0.15, -0.1) is 0 Å². The van der Waals surface area contributed by atoms with Crippen molar-refractivity contribution in [3.8, 4) is 5.75 Å². The lowest BCUT2D eigenvalue weighted by atomic mass is 9.86. The minimum atomic E-state index is -0.0423. The van der Waals surface area contributed by atoms with Gasteiger partial charge in [0, 0.05) is 25.1 Å². The zero-order valence-corrected chi connectivity index (χ0v) is 14.7. The Labute approximate surface area is 143 Å². The average Bonchev–Trinajstić information content (AvgIpc) is 2.92. The molecule has 0 bridgehead atoms. The van der Waals surface area contributed by atoms with Crippen molar-refractivity contribution in [3.63, 3.8) is 0 Å². The highest BCUT2D eigenvalue weighted by Gasteiger charge is 2.70. The molecular formula is C19H25N3O2. The molecule has 1 amide bonds. The van der Waals surface area contributed by atoms with Gasteiger partial charge in [-0.25, -0.2) is 0 Å². The monoisotopic (exact) mass is 327 g/mol. The third-order valence-corrected chi connectivity index (χ3v) is 6.34. The first kappa shape index (κ1) is 15.5. The summed E-state index contributed by atoms with van der Waals surface area (Å²) in [6.45, 7) is 5.14. The van der Waals surface area contributed by atoms with E-state index in [1.807, 2.05) is 36.3 Å². The Hall–Kier alpha value is -2.04. The minimum Gasteiger partial charge on any atom is -0.496 e. The van der Waals surface area contributed by atoms with Crippen LogP contribution in [-0.4, -0.2) is 36.8 Å². The summed E-state index contributed by atoms with van der Waals surface area (Å²) in [5, 5.41) is 9.63. The highest BCUT2D eigenvalue weighted by atomic mass is 16.5. The molecule has 2 unspecified atom stereocenters. The molecule has 4 rings (SSSR count). The zero-order chi connectivity index (χ0) is 17.1. The number of carbonyl (C=O) groups is 1. The lowest BCUT2D eigenvalue weighted by molar-refractivity contribution is -0.115. The molecule has 128 valence electrons. The molecule has 1 N–H and O–H groups in total. The van der Waals surface area contributed by atoms with Gasteiger partial charge in [0.1, 0.15) is 11.5 Å². The summed E-state index contributed by atoms with van der Waals surface area (Å²) < 4.78 is 5.34. The van der Waals surface area contributed by atoms with E-state index in [2.05, 4.69) is 24.3 Å². The van der Waals surface area contributed by atoms with Crippen LogP contribution in [0.3, 0.4) is 0 Å². The first-order chi connectivity index (χ1) is 11.4. The third kappa shape index (κ3) is 2.14. The van der Waals surface area contributed by atoms with Crippen LogP contribution < -0.4 is 10.1 Å². The maximum atomic E-state index is 12.7. The normalized spacial score (nSPS) is 32.0. The van der Waals surface area contributed by atoms with Crippen LogP contribution >= 0.6 is 0 Å². The van der Waals surface area contributed by atoms with Crippen molar-refractivity contribution in [3.05, 3.63) is 29.8 Å². The molecular weight excluding hydrogens is 302 g/mol. The molecule has 0 saturated heterocycles. The molecule has 0 spiro atoms. The van der Waals surface area contributed by atoms with Crippen molar-refractivity contribution in [1.82, 2.24) is 10.3 Å². The van der Waals surface area contributed by atoms with Gasteiger partial charge < -0.3 is 10.1 Å². The molecule has 3 aliphatic rings. The smallest absolute Gasteiger partial charge is 0.268 e. The Morgan fingerprint density at radius 2 is 2.17 bits per heavy atom. The first-order valence-corrected chi connectivity index (χ1v) is 8.66. The number of para-hydroxylation sites is 1. The van der Waals surface area contributed by atoms with E-state index in [4.69, 9.17) is 4.74 Å². The Balaban J connectivity index is 1.44. The number of hydrogen-bond acceptors (Lipinski definition) is 4. The van der Waals surface area contributed by atoms with Crippen LogP contribution in [0.4, 0.5) is 0 Å². The van der Waals surface area contributed by atoms with Crippen LogP contribution in [0.25, 0.3) is 0 Å². The van der Waals surface area contributed by atoms with Crippen LogP contribution in [-0.2, 0) is 11.3 Å². The average molecular weight is 327 g/mol. The second-order valence-corrected chi connectivity index (χ2v) is 7.84. The third-order valence-electron chi connectivity index (χ3n) is 6.34. The van der Waals surface area contributed by atoms with Gasteiger partial charge >= 0.3 is 0 Å². The Bertz CT molecular complexity index is 712. The van der Waals surface area contributed by atoms with Gasteiger partial charge in [-0.05, 0) is 29.7 Å². The van der Waals surface area contributed by atoms with Gasteiger partial charge in [0.25, 0.3) is 5.91 Å². The van der Waals surface area contributed by atoms with Crippen molar-refractivity contribution in [2.24, 2.45) is 28.3 Å². The van der Waals surface area contributed by atoms with Crippen LogP contribution in [0.5, 0.6) is 5.75 Å². The van der Waals surface area contributed by atoms with Crippen LogP contribution in [0.15, 0.2) is 29.4 Å². The summed E-state index contributed by atoms with van der Waals surface area (Å²) in [6.07, 6.45) is 1.09. The van der Waals surface area contributed by atoms with Gasteiger partial charge in [0.2, 0.25) is 0 Å².